The fourth-order valence-electron chi connectivity index (χ4n) is 1.42. The number of nitrogens with zero attached hydrogens (tertiary/aromatic N) is 2. The van der Waals surface area contributed by atoms with Crippen molar-refractivity contribution < 1.29 is 4.52 Å². The van der Waals surface area contributed by atoms with Gasteiger partial charge in [0.1, 0.15) is 0 Å². The van der Waals surface area contributed by atoms with Crippen LogP contribution in [0, 0.1) is 0 Å². The molecule has 0 spiro atoms. The molecule has 0 bridgehead atoms. The van der Waals surface area contributed by atoms with Gasteiger partial charge in [-0.2, -0.15) is 4.98 Å². The van der Waals surface area contributed by atoms with Gasteiger partial charge in [-0.3, -0.25) is 0 Å². The SMILES string of the molecule is C=CCC(N)c1nc(-c2ccc(Cl)c(Br)c2)no1. The summed E-state index contributed by atoms with van der Waals surface area (Å²) in [6.45, 7) is 3.62. The number of rotatable bonds is 4. The smallest absolute Gasteiger partial charge is 0.244 e. The number of hydrogen-bond donors (Lipinski definition) is 1. The molecule has 0 aliphatic heterocycles. The van der Waals surface area contributed by atoms with Gasteiger partial charge in [0, 0.05) is 10.0 Å². The Bertz CT molecular complexity index is 570. The third kappa shape index (κ3) is 2.80. The van der Waals surface area contributed by atoms with E-state index in [4.69, 9.17) is 21.9 Å². The summed E-state index contributed by atoms with van der Waals surface area (Å²) >= 11 is 9.27. The molecular formula is C12H11BrClN3O. The van der Waals surface area contributed by atoms with Crippen molar-refractivity contribution in [1.82, 2.24) is 10.1 Å². The van der Waals surface area contributed by atoms with Gasteiger partial charge < -0.3 is 10.3 Å². The van der Waals surface area contributed by atoms with Crippen molar-refractivity contribution in [3.05, 3.63) is 46.2 Å². The summed E-state index contributed by atoms with van der Waals surface area (Å²) in [4.78, 5) is 4.26. The Morgan fingerprint density at radius 1 is 1.56 bits per heavy atom. The van der Waals surface area contributed by atoms with Gasteiger partial charge in [-0.15, -0.1) is 6.58 Å². The first kappa shape index (κ1) is 13.3. The summed E-state index contributed by atoms with van der Waals surface area (Å²) in [7, 11) is 0. The van der Waals surface area contributed by atoms with Gasteiger partial charge in [-0.1, -0.05) is 22.8 Å². The Morgan fingerprint density at radius 2 is 2.33 bits per heavy atom. The van der Waals surface area contributed by atoms with Crippen LogP contribution in [0.25, 0.3) is 11.4 Å². The first-order chi connectivity index (χ1) is 8.61. The van der Waals surface area contributed by atoms with Crippen LogP contribution in [0.1, 0.15) is 18.4 Å². The molecule has 18 heavy (non-hydrogen) atoms. The van der Waals surface area contributed by atoms with Crippen LogP contribution in [0.2, 0.25) is 5.02 Å². The topological polar surface area (TPSA) is 64.9 Å². The highest BCUT2D eigenvalue weighted by Gasteiger charge is 2.14. The van der Waals surface area contributed by atoms with Crippen molar-refractivity contribution in [3.8, 4) is 11.4 Å². The molecule has 94 valence electrons. The van der Waals surface area contributed by atoms with E-state index in [1.54, 1.807) is 12.1 Å². The molecular weight excluding hydrogens is 318 g/mol. The van der Waals surface area contributed by atoms with E-state index in [9.17, 15) is 0 Å². The maximum absolute atomic E-state index is 5.92. The molecule has 2 rings (SSSR count). The highest BCUT2D eigenvalue weighted by atomic mass is 79.9. The minimum atomic E-state index is -0.320. The van der Waals surface area contributed by atoms with Crippen molar-refractivity contribution in [2.24, 2.45) is 5.73 Å². The molecule has 0 saturated carbocycles. The van der Waals surface area contributed by atoms with Crippen LogP contribution >= 0.6 is 27.5 Å². The third-order valence-electron chi connectivity index (χ3n) is 2.36. The zero-order valence-electron chi connectivity index (χ0n) is 9.44. The van der Waals surface area contributed by atoms with E-state index in [0.29, 0.717) is 23.2 Å². The lowest BCUT2D eigenvalue weighted by molar-refractivity contribution is 0.356. The van der Waals surface area contributed by atoms with Crippen molar-refractivity contribution in [2.75, 3.05) is 0 Å². The van der Waals surface area contributed by atoms with Gasteiger partial charge in [-0.05, 0) is 40.5 Å². The molecule has 2 N–H and O–H groups in total. The summed E-state index contributed by atoms with van der Waals surface area (Å²) < 4.78 is 5.90. The molecule has 0 aliphatic rings. The number of benzene rings is 1. The van der Waals surface area contributed by atoms with Gasteiger partial charge >= 0.3 is 0 Å². The zero-order valence-corrected chi connectivity index (χ0v) is 11.8. The Morgan fingerprint density at radius 3 is 3.00 bits per heavy atom. The summed E-state index contributed by atoms with van der Waals surface area (Å²) in [5, 5.41) is 4.53. The predicted octanol–water partition coefficient (Wildman–Crippen LogP) is 3.73. The van der Waals surface area contributed by atoms with Gasteiger partial charge in [0.2, 0.25) is 11.7 Å². The van der Waals surface area contributed by atoms with Crippen LogP contribution in [0.5, 0.6) is 0 Å². The Hall–Kier alpha value is -1.17. The molecule has 6 heteroatoms. The predicted molar refractivity (Wildman–Crippen MR) is 74.2 cm³/mol. The van der Waals surface area contributed by atoms with Crippen molar-refractivity contribution >= 4 is 27.5 Å². The van der Waals surface area contributed by atoms with E-state index in [0.717, 1.165) is 10.0 Å². The lowest BCUT2D eigenvalue weighted by Crippen LogP contribution is -2.09. The molecule has 4 nitrogen and oxygen atoms in total. The lowest BCUT2D eigenvalue weighted by Gasteiger charge is -2.00. The maximum atomic E-state index is 5.92. The van der Waals surface area contributed by atoms with Crippen LogP contribution in [0.3, 0.4) is 0 Å². The van der Waals surface area contributed by atoms with E-state index in [2.05, 4.69) is 32.6 Å². The summed E-state index contributed by atoms with van der Waals surface area (Å²) in [5.74, 6) is 0.887. The molecule has 1 aromatic carbocycles. The fraction of sp³-hybridized carbons (Fsp3) is 0.167. The highest BCUT2D eigenvalue weighted by molar-refractivity contribution is 9.10. The molecule has 1 aromatic heterocycles. The van der Waals surface area contributed by atoms with E-state index in [-0.39, 0.29) is 6.04 Å². The fourth-order valence-corrected chi connectivity index (χ4v) is 1.91. The number of nitrogens with two attached hydrogens (primary N) is 1. The van der Waals surface area contributed by atoms with E-state index >= 15 is 0 Å². The Kier molecular flexibility index (Phi) is 4.16. The molecule has 0 aliphatic carbocycles. The maximum Gasteiger partial charge on any atom is 0.244 e. The molecule has 0 radical (unpaired) electrons. The zero-order chi connectivity index (χ0) is 13.1. The van der Waals surface area contributed by atoms with Gasteiger partial charge in [0.25, 0.3) is 0 Å². The highest BCUT2D eigenvalue weighted by Crippen LogP contribution is 2.28. The Balaban J connectivity index is 2.28. The lowest BCUT2D eigenvalue weighted by atomic mass is 10.2. The van der Waals surface area contributed by atoms with Crippen LogP contribution in [-0.4, -0.2) is 10.1 Å². The largest absolute Gasteiger partial charge is 0.337 e. The molecule has 0 saturated heterocycles. The quantitative estimate of drug-likeness (QED) is 0.869. The van der Waals surface area contributed by atoms with Crippen molar-refractivity contribution in [3.63, 3.8) is 0 Å². The monoisotopic (exact) mass is 327 g/mol. The molecule has 0 fully saturated rings. The normalized spacial score (nSPS) is 12.4. The van der Waals surface area contributed by atoms with E-state index in [1.165, 1.54) is 0 Å². The van der Waals surface area contributed by atoms with E-state index in [1.807, 2.05) is 12.1 Å². The first-order valence-electron chi connectivity index (χ1n) is 5.27. The molecule has 1 unspecified atom stereocenters. The second-order valence-corrected chi connectivity index (χ2v) is 4.98. The van der Waals surface area contributed by atoms with Crippen LogP contribution in [0.15, 0.2) is 39.8 Å². The molecule has 1 heterocycles. The van der Waals surface area contributed by atoms with Crippen molar-refractivity contribution in [1.29, 1.82) is 0 Å². The van der Waals surface area contributed by atoms with Gasteiger partial charge in [0.15, 0.2) is 0 Å². The van der Waals surface area contributed by atoms with Crippen molar-refractivity contribution in [2.45, 2.75) is 12.5 Å². The second kappa shape index (κ2) is 5.65. The number of hydrogen-bond acceptors (Lipinski definition) is 4. The van der Waals surface area contributed by atoms with Crippen LogP contribution in [-0.2, 0) is 0 Å². The second-order valence-electron chi connectivity index (χ2n) is 3.72. The van der Waals surface area contributed by atoms with Crippen LogP contribution in [0.4, 0.5) is 0 Å². The average Bonchev–Trinajstić information content (AvgIpc) is 2.82. The van der Waals surface area contributed by atoms with Gasteiger partial charge in [-0.25, -0.2) is 0 Å². The summed E-state index contributed by atoms with van der Waals surface area (Å²) in [5.41, 5.74) is 6.67. The molecule has 2 aromatic rings. The summed E-state index contributed by atoms with van der Waals surface area (Å²) in [6, 6.07) is 5.09. The molecule has 1 atom stereocenters. The first-order valence-corrected chi connectivity index (χ1v) is 6.44. The molecule has 0 amide bonds. The van der Waals surface area contributed by atoms with E-state index < -0.39 is 0 Å². The summed E-state index contributed by atoms with van der Waals surface area (Å²) in [6.07, 6.45) is 2.30. The standard InChI is InChI=1S/C12H11BrClN3O/c1-2-3-10(15)12-16-11(17-18-12)7-4-5-9(14)8(13)6-7/h2,4-6,10H,1,3,15H2. The number of halogens is 2. The minimum Gasteiger partial charge on any atom is -0.337 e. The number of aromatic nitrogens is 2. The minimum absolute atomic E-state index is 0.320. The van der Waals surface area contributed by atoms with Crippen LogP contribution < -0.4 is 5.73 Å². The van der Waals surface area contributed by atoms with Gasteiger partial charge in [0.05, 0.1) is 11.1 Å². The Labute approximate surface area is 118 Å². The average molecular weight is 329 g/mol. The third-order valence-corrected chi connectivity index (χ3v) is 3.57.